The average molecular weight is 258 g/mol. The lowest BCUT2D eigenvalue weighted by atomic mass is 9.86. The molecule has 0 aliphatic carbocycles. The molecule has 3 heteroatoms. The van der Waals surface area contributed by atoms with Gasteiger partial charge in [0.25, 0.3) is 5.91 Å². The summed E-state index contributed by atoms with van der Waals surface area (Å²) < 4.78 is 0. The highest BCUT2D eigenvalue weighted by molar-refractivity contribution is 5.94. The lowest BCUT2D eigenvalue weighted by Gasteiger charge is -2.21. The van der Waals surface area contributed by atoms with Crippen LogP contribution in [0.5, 0.6) is 0 Å². The van der Waals surface area contributed by atoms with Gasteiger partial charge in [-0.05, 0) is 30.0 Å². The van der Waals surface area contributed by atoms with Crippen LogP contribution >= 0.6 is 0 Å². The molecule has 0 fully saturated rings. The summed E-state index contributed by atoms with van der Waals surface area (Å²) in [6.07, 6.45) is 0.375. The Bertz CT molecular complexity index is 463. The monoisotopic (exact) mass is 258 g/mol. The zero-order chi connectivity index (χ0) is 14.5. The van der Waals surface area contributed by atoms with Crippen LogP contribution in [0.15, 0.2) is 24.3 Å². The topological polar surface area (TPSA) is 44.1 Å². The van der Waals surface area contributed by atoms with Gasteiger partial charge in [-0.2, -0.15) is 5.26 Å². The third kappa shape index (κ3) is 4.10. The summed E-state index contributed by atoms with van der Waals surface area (Å²) in [5.74, 6) is -0.00166. The van der Waals surface area contributed by atoms with Gasteiger partial charge in [-0.25, -0.2) is 0 Å². The summed E-state index contributed by atoms with van der Waals surface area (Å²) >= 11 is 0. The summed E-state index contributed by atoms with van der Waals surface area (Å²) in [5, 5.41) is 8.60. The van der Waals surface area contributed by atoms with E-state index in [4.69, 9.17) is 5.26 Å². The fourth-order valence-corrected chi connectivity index (χ4v) is 1.88. The van der Waals surface area contributed by atoms with Crippen molar-refractivity contribution >= 4 is 5.91 Å². The molecule has 1 amide bonds. The zero-order valence-corrected chi connectivity index (χ0v) is 12.2. The van der Waals surface area contributed by atoms with Crippen molar-refractivity contribution in [2.45, 2.75) is 39.5 Å². The number of amides is 1. The third-order valence-corrected chi connectivity index (χ3v) is 3.16. The summed E-state index contributed by atoms with van der Waals surface area (Å²) in [4.78, 5) is 14.0. The number of hydrogen-bond donors (Lipinski definition) is 0. The van der Waals surface area contributed by atoms with E-state index in [0.717, 1.165) is 0 Å². The zero-order valence-electron chi connectivity index (χ0n) is 12.2. The van der Waals surface area contributed by atoms with Crippen LogP contribution in [0.25, 0.3) is 0 Å². The molecule has 3 nitrogen and oxygen atoms in total. The molecule has 0 atom stereocenters. The quantitative estimate of drug-likeness (QED) is 0.831. The molecule has 0 saturated heterocycles. The summed E-state index contributed by atoms with van der Waals surface area (Å²) in [7, 11) is 0. The lowest BCUT2D eigenvalue weighted by Crippen LogP contribution is -2.31. The van der Waals surface area contributed by atoms with Crippen molar-refractivity contribution < 1.29 is 4.79 Å². The Labute approximate surface area is 115 Å². The maximum absolute atomic E-state index is 12.3. The van der Waals surface area contributed by atoms with Gasteiger partial charge in [-0.1, -0.05) is 32.9 Å². The summed E-state index contributed by atoms with van der Waals surface area (Å²) in [6, 6.07) is 9.83. The molecule has 1 rings (SSSR count). The second-order valence-corrected chi connectivity index (χ2v) is 5.62. The summed E-state index contributed by atoms with van der Waals surface area (Å²) in [6.45, 7) is 9.49. The highest BCUT2D eigenvalue weighted by Crippen LogP contribution is 2.22. The van der Waals surface area contributed by atoms with Crippen molar-refractivity contribution in [1.29, 1.82) is 5.26 Å². The molecule has 0 saturated carbocycles. The Morgan fingerprint density at radius 1 is 1.26 bits per heavy atom. The molecule has 1 aromatic rings. The smallest absolute Gasteiger partial charge is 0.253 e. The van der Waals surface area contributed by atoms with E-state index in [2.05, 4.69) is 26.8 Å². The number of rotatable bonds is 4. The van der Waals surface area contributed by atoms with Crippen LogP contribution < -0.4 is 0 Å². The van der Waals surface area contributed by atoms with Crippen molar-refractivity contribution in [1.82, 2.24) is 4.90 Å². The van der Waals surface area contributed by atoms with Crippen LogP contribution in [0.1, 0.15) is 50.0 Å². The largest absolute Gasteiger partial charge is 0.338 e. The van der Waals surface area contributed by atoms with Crippen LogP contribution in [0.4, 0.5) is 0 Å². The molecule has 0 heterocycles. The van der Waals surface area contributed by atoms with E-state index in [1.54, 1.807) is 4.90 Å². The van der Waals surface area contributed by atoms with Crippen LogP contribution in [0, 0.1) is 11.3 Å². The standard InChI is InChI=1S/C16H22N2O/c1-5-18(12-6-11-17)15(19)13-7-9-14(10-8-13)16(2,3)4/h7-10H,5-6,12H2,1-4H3. The second-order valence-electron chi connectivity index (χ2n) is 5.62. The van der Waals surface area contributed by atoms with Crippen molar-refractivity contribution in [3.63, 3.8) is 0 Å². The van der Waals surface area contributed by atoms with Crippen molar-refractivity contribution in [2.75, 3.05) is 13.1 Å². The maximum atomic E-state index is 12.3. The highest BCUT2D eigenvalue weighted by Gasteiger charge is 2.16. The van der Waals surface area contributed by atoms with E-state index in [1.165, 1.54) is 5.56 Å². The number of carbonyl (C=O) groups excluding carboxylic acids is 1. The van der Waals surface area contributed by atoms with Crippen LogP contribution in [0.2, 0.25) is 0 Å². The fourth-order valence-electron chi connectivity index (χ4n) is 1.88. The van der Waals surface area contributed by atoms with E-state index in [0.29, 0.717) is 25.1 Å². The molecule has 102 valence electrons. The van der Waals surface area contributed by atoms with E-state index in [1.807, 2.05) is 31.2 Å². The van der Waals surface area contributed by atoms with Crippen molar-refractivity contribution in [2.24, 2.45) is 0 Å². The Morgan fingerprint density at radius 2 is 1.84 bits per heavy atom. The van der Waals surface area contributed by atoms with Crippen molar-refractivity contribution in [3.8, 4) is 6.07 Å². The fraction of sp³-hybridized carbons (Fsp3) is 0.500. The van der Waals surface area contributed by atoms with Gasteiger partial charge < -0.3 is 4.90 Å². The van der Waals surface area contributed by atoms with E-state index in [-0.39, 0.29) is 11.3 Å². The highest BCUT2D eigenvalue weighted by atomic mass is 16.2. The van der Waals surface area contributed by atoms with Gasteiger partial charge in [0.05, 0.1) is 12.5 Å². The molecule has 0 N–H and O–H groups in total. The van der Waals surface area contributed by atoms with Gasteiger partial charge in [0.15, 0.2) is 0 Å². The molecule has 19 heavy (non-hydrogen) atoms. The number of benzene rings is 1. The average Bonchev–Trinajstić information content (AvgIpc) is 2.38. The van der Waals surface area contributed by atoms with E-state index >= 15 is 0 Å². The second kappa shape index (κ2) is 6.38. The number of nitriles is 1. The van der Waals surface area contributed by atoms with Gasteiger partial charge >= 0.3 is 0 Å². The molecule has 0 unspecified atom stereocenters. The number of nitrogens with zero attached hydrogens (tertiary/aromatic N) is 2. The third-order valence-electron chi connectivity index (χ3n) is 3.16. The van der Waals surface area contributed by atoms with Gasteiger partial charge in [0.2, 0.25) is 0 Å². The number of carbonyl (C=O) groups is 1. The van der Waals surface area contributed by atoms with E-state index in [9.17, 15) is 4.79 Å². The van der Waals surface area contributed by atoms with Crippen LogP contribution in [0.3, 0.4) is 0 Å². The Kier molecular flexibility index (Phi) is 5.11. The van der Waals surface area contributed by atoms with Gasteiger partial charge in [-0.3, -0.25) is 4.79 Å². The molecule has 0 bridgehead atoms. The molecule has 0 radical (unpaired) electrons. The van der Waals surface area contributed by atoms with Gasteiger partial charge in [-0.15, -0.1) is 0 Å². The molecule has 0 aliphatic rings. The molecule has 0 aliphatic heterocycles. The van der Waals surface area contributed by atoms with Gasteiger partial charge in [0, 0.05) is 18.7 Å². The Morgan fingerprint density at radius 3 is 2.26 bits per heavy atom. The Hall–Kier alpha value is -1.82. The first-order valence-electron chi connectivity index (χ1n) is 6.67. The predicted octanol–water partition coefficient (Wildman–Crippen LogP) is 3.36. The predicted molar refractivity (Wildman–Crippen MR) is 76.9 cm³/mol. The molecule has 0 spiro atoms. The minimum absolute atomic E-state index is 0.00166. The molecular formula is C16H22N2O. The molecule has 0 aromatic heterocycles. The normalized spacial score (nSPS) is 10.9. The van der Waals surface area contributed by atoms with Crippen molar-refractivity contribution in [3.05, 3.63) is 35.4 Å². The Balaban J connectivity index is 2.85. The summed E-state index contributed by atoms with van der Waals surface area (Å²) in [5.41, 5.74) is 1.99. The minimum Gasteiger partial charge on any atom is -0.338 e. The first-order chi connectivity index (χ1) is 8.90. The first-order valence-corrected chi connectivity index (χ1v) is 6.67. The minimum atomic E-state index is -0.00166. The van der Waals surface area contributed by atoms with Crippen LogP contribution in [-0.2, 0) is 5.41 Å². The number of hydrogen-bond acceptors (Lipinski definition) is 2. The lowest BCUT2D eigenvalue weighted by molar-refractivity contribution is 0.0768. The SMILES string of the molecule is CCN(CCC#N)C(=O)c1ccc(C(C)(C)C)cc1. The molecule has 1 aromatic carbocycles. The molecular weight excluding hydrogens is 236 g/mol. The van der Waals surface area contributed by atoms with Gasteiger partial charge in [0.1, 0.15) is 0 Å². The van der Waals surface area contributed by atoms with Crippen LogP contribution in [-0.4, -0.2) is 23.9 Å². The van der Waals surface area contributed by atoms with E-state index < -0.39 is 0 Å². The maximum Gasteiger partial charge on any atom is 0.253 e. The first kappa shape index (κ1) is 15.2.